The lowest BCUT2D eigenvalue weighted by molar-refractivity contribution is -0.0501. The summed E-state index contributed by atoms with van der Waals surface area (Å²) in [6, 6.07) is 15.4. The van der Waals surface area contributed by atoms with Crippen LogP contribution in [0.4, 0.5) is 9.59 Å². The summed E-state index contributed by atoms with van der Waals surface area (Å²) in [5, 5.41) is 5.92. The van der Waals surface area contributed by atoms with Crippen molar-refractivity contribution in [1.29, 1.82) is 0 Å². The summed E-state index contributed by atoms with van der Waals surface area (Å²) < 4.78 is 22.3. The fourth-order valence-electron chi connectivity index (χ4n) is 5.47. The molecule has 0 saturated heterocycles. The van der Waals surface area contributed by atoms with Crippen molar-refractivity contribution in [2.24, 2.45) is 9.98 Å². The summed E-state index contributed by atoms with van der Waals surface area (Å²) in [7, 11) is 3.54. The second-order valence-electron chi connectivity index (χ2n) is 17.5. The molecule has 0 unspecified atom stereocenters. The Labute approximate surface area is 374 Å². The highest BCUT2D eigenvalue weighted by Gasteiger charge is 2.30. The van der Waals surface area contributed by atoms with Gasteiger partial charge in [0.1, 0.15) is 13.6 Å². The molecule has 0 aliphatic rings. The van der Waals surface area contributed by atoms with E-state index in [1.165, 1.54) is 11.8 Å². The van der Waals surface area contributed by atoms with E-state index in [0.717, 1.165) is 46.2 Å². The molecule has 0 spiro atoms. The van der Waals surface area contributed by atoms with Gasteiger partial charge < -0.3 is 29.6 Å². The minimum atomic E-state index is -0.710. The molecule has 0 bridgehead atoms. The van der Waals surface area contributed by atoms with Crippen LogP contribution < -0.4 is 10.6 Å². The Balaban J connectivity index is 1.54. The largest absolute Gasteiger partial charge is 0.355 e. The third-order valence-corrected chi connectivity index (χ3v) is 14.6. The van der Waals surface area contributed by atoms with Crippen molar-refractivity contribution in [3.63, 3.8) is 0 Å². The molecular formula is C44H66N4O8S4. The van der Waals surface area contributed by atoms with Gasteiger partial charge in [-0.1, -0.05) is 107 Å². The first-order chi connectivity index (χ1) is 28.0. The Morgan fingerprint density at radius 3 is 1.48 bits per heavy atom. The Kier molecular flexibility index (Phi) is 22.2. The zero-order chi connectivity index (χ0) is 45.1. The van der Waals surface area contributed by atoms with E-state index in [4.69, 9.17) is 18.9 Å². The first-order valence-electron chi connectivity index (χ1n) is 19.9. The molecule has 0 fully saturated rings. The summed E-state index contributed by atoms with van der Waals surface area (Å²) in [5.41, 5.74) is 0.884. The third-order valence-electron chi connectivity index (χ3n) is 9.52. The van der Waals surface area contributed by atoms with Crippen LogP contribution in [0.25, 0.3) is 0 Å². The van der Waals surface area contributed by atoms with Gasteiger partial charge in [0.25, 0.3) is 10.5 Å². The summed E-state index contributed by atoms with van der Waals surface area (Å²) in [6.07, 6.45) is 4.80. The van der Waals surface area contributed by atoms with Crippen LogP contribution in [0, 0.1) is 0 Å². The highest BCUT2D eigenvalue weighted by atomic mass is 33.1. The van der Waals surface area contributed by atoms with Crippen LogP contribution in [0.1, 0.15) is 118 Å². The molecule has 334 valence electrons. The van der Waals surface area contributed by atoms with Crippen LogP contribution in [0.2, 0.25) is 0 Å². The normalized spacial score (nSPS) is 12.7. The molecule has 2 aromatic rings. The molecule has 60 heavy (non-hydrogen) atoms. The van der Waals surface area contributed by atoms with E-state index < -0.39 is 22.2 Å². The molecular weight excluding hydrogens is 841 g/mol. The molecule has 0 radical (unpaired) electrons. The number of isocyanates is 2. The topological polar surface area (TPSA) is 154 Å². The second-order valence-corrected chi connectivity index (χ2v) is 23.4. The smallest absolute Gasteiger partial charge is 0.280 e. The summed E-state index contributed by atoms with van der Waals surface area (Å²) in [4.78, 5) is 55.3. The maximum absolute atomic E-state index is 13.1. The number of carbonyl (C=O) groups is 2. The zero-order valence-electron chi connectivity index (χ0n) is 37.5. The van der Waals surface area contributed by atoms with Gasteiger partial charge in [0.05, 0.1) is 48.6 Å². The molecule has 0 heterocycles. The van der Waals surface area contributed by atoms with Crippen molar-refractivity contribution in [3.05, 3.63) is 70.8 Å². The van der Waals surface area contributed by atoms with Gasteiger partial charge in [-0.25, -0.2) is 9.59 Å². The molecule has 0 aromatic heterocycles. The van der Waals surface area contributed by atoms with Crippen LogP contribution in [-0.4, -0.2) is 83.7 Å². The lowest BCUT2D eigenvalue weighted by Gasteiger charge is -2.31. The fraction of sp³-hybridized carbons (Fsp3) is 0.636. The number of ether oxygens (including phenoxy) is 4. The van der Waals surface area contributed by atoms with E-state index in [1.807, 2.05) is 118 Å². The molecule has 2 aromatic carbocycles. The highest BCUT2D eigenvalue weighted by molar-refractivity contribution is 8.77. The van der Waals surface area contributed by atoms with Gasteiger partial charge in [0.15, 0.2) is 0 Å². The van der Waals surface area contributed by atoms with Crippen LogP contribution in [0.5, 0.6) is 0 Å². The number of carbonyl (C=O) groups excluding carboxylic acids is 4. The molecule has 2 amide bonds. The monoisotopic (exact) mass is 906 g/mol. The average molecular weight is 907 g/mol. The van der Waals surface area contributed by atoms with Crippen LogP contribution >= 0.6 is 45.1 Å². The van der Waals surface area contributed by atoms with Crippen molar-refractivity contribution >= 4 is 67.7 Å². The number of amides is 2. The van der Waals surface area contributed by atoms with Gasteiger partial charge >= 0.3 is 0 Å². The van der Waals surface area contributed by atoms with Crippen LogP contribution in [0.3, 0.4) is 0 Å². The minimum Gasteiger partial charge on any atom is -0.355 e. The number of nitrogens with zero attached hydrogens (tertiary/aromatic N) is 2. The van der Waals surface area contributed by atoms with Crippen LogP contribution in [0.15, 0.2) is 58.5 Å². The summed E-state index contributed by atoms with van der Waals surface area (Å²) in [6.45, 7) is 25.9. The van der Waals surface area contributed by atoms with Crippen LogP contribution in [-0.2, 0) is 50.7 Å². The number of rotatable bonds is 27. The summed E-state index contributed by atoms with van der Waals surface area (Å²) >= 11 is 2.41. The van der Waals surface area contributed by atoms with Gasteiger partial charge in [-0.3, -0.25) is 9.59 Å². The second kappa shape index (κ2) is 24.9. The molecule has 0 saturated carbocycles. The number of nitrogens with one attached hydrogen (secondary N) is 2. The Bertz CT molecular complexity index is 1770. The van der Waals surface area contributed by atoms with Gasteiger partial charge in [0, 0.05) is 21.0 Å². The molecule has 2 rings (SSSR count). The van der Waals surface area contributed by atoms with Gasteiger partial charge in [-0.05, 0) is 104 Å². The Morgan fingerprint density at radius 2 is 1.00 bits per heavy atom. The average Bonchev–Trinajstić information content (AvgIpc) is 3.14. The maximum Gasteiger partial charge on any atom is 0.280 e. The molecule has 12 nitrogen and oxygen atoms in total. The standard InChI is InChI=1S/C44H66N4O8S4/c1-39(2,59-38(52)48-44(11,12)36-18-14-16-34(28-36)42(7,8)46-30-50)19-21-53-32-56-24-26-58-60-40(3,4)20-22-54-31-55-23-25-57-37(51)47-43(9,10)35-17-13-15-33(27-35)41(5,6)45-29-49/h13-18,27-28H,19-26,31-32H2,1-12H3,(H,47,51)(H,48,52). The van der Waals surface area contributed by atoms with E-state index >= 15 is 0 Å². The first-order valence-corrected chi connectivity index (χ1v) is 24.1. The predicted molar refractivity (Wildman–Crippen MR) is 249 cm³/mol. The van der Waals surface area contributed by atoms with Crippen molar-refractivity contribution in [2.45, 2.75) is 128 Å². The van der Waals surface area contributed by atoms with Crippen molar-refractivity contribution in [2.75, 3.05) is 51.5 Å². The molecule has 2 N–H and O–H groups in total. The van der Waals surface area contributed by atoms with Crippen molar-refractivity contribution < 1.29 is 38.1 Å². The number of hydrogen-bond donors (Lipinski definition) is 2. The SMILES string of the molecule is CC(C)(CCOCOCCSC(=O)NC(C)(C)c1cccc(C(C)(C)N=C=O)c1)SSCCOCOCCC(C)(C)SC(=O)NC(C)(C)c1cccc(C(C)(C)N=C=O)c1. The lowest BCUT2D eigenvalue weighted by atomic mass is 9.88. The molecule has 16 heteroatoms. The van der Waals surface area contributed by atoms with E-state index in [0.29, 0.717) is 38.6 Å². The number of aliphatic imine (C=N–C) groups is 2. The van der Waals surface area contributed by atoms with Gasteiger partial charge in [-0.2, -0.15) is 9.98 Å². The zero-order valence-corrected chi connectivity index (χ0v) is 40.7. The van der Waals surface area contributed by atoms with Gasteiger partial charge in [-0.15, -0.1) is 0 Å². The van der Waals surface area contributed by atoms with Crippen molar-refractivity contribution in [3.8, 4) is 0 Å². The Hall–Kier alpha value is -2.62. The fourth-order valence-corrected chi connectivity index (χ4v) is 9.59. The van der Waals surface area contributed by atoms with E-state index in [-0.39, 0.29) is 33.6 Å². The Morgan fingerprint density at radius 1 is 0.583 bits per heavy atom. The predicted octanol–water partition coefficient (Wildman–Crippen LogP) is 10.6. The van der Waals surface area contributed by atoms with E-state index in [1.54, 1.807) is 33.7 Å². The summed E-state index contributed by atoms with van der Waals surface area (Å²) in [5.74, 6) is 1.30. The molecule has 0 aliphatic heterocycles. The third kappa shape index (κ3) is 20.0. The highest BCUT2D eigenvalue weighted by Crippen LogP contribution is 2.38. The lowest BCUT2D eigenvalue weighted by Crippen LogP contribution is -2.40. The quantitative estimate of drug-likeness (QED) is 0.0288. The first kappa shape index (κ1) is 53.5. The van der Waals surface area contributed by atoms with E-state index in [2.05, 4.69) is 34.5 Å². The minimum absolute atomic E-state index is 0.00323. The number of benzene rings is 2. The number of thioether (sulfide) groups is 2. The maximum atomic E-state index is 13.1. The van der Waals surface area contributed by atoms with Crippen molar-refractivity contribution in [1.82, 2.24) is 10.6 Å². The van der Waals surface area contributed by atoms with E-state index in [9.17, 15) is 19.2 Å². The number of hydrogen-bond acceptors (Lipinski definition) is 14. The van der Waals surface area contributed by atoms with Gasteiger partial charge in [0.2, 0.25) is 12.2 Å². The molecule has 0 atom stereocenters. The molecule has 0 aliphatic carbocycles.